The molecular formula is C71H131NO13. The van der Waals surface area contributed by atoms with Crippen LogP contribution in [-0.2, 0) is 23.7 Å². The summed E-state index contributed by atoms with van der Waals surface area (Å²) in [6, 6.07) is -0.914. The van der Waals surface area contributed by atoms with Crippen molar-refractivity contribution in [3.8, 4) is 0 Å². The Labute approximate surface area is 518 Å². The van der Waals surface area contributed by atoms with Gasteiger partial charge in [0.1, 0.15) is 48.8 Å². The Morgan fingerprint density at radius 3 is 1.19 bits per heavy atom. The molecule has 2 saturated heterocycles. The fourth-order valence-electron chi connectivity index (χ4n) is 11.6. The number of aliphatic hydroxyl groups excluding tert-OH is 8. The summed E-state index contributed by atoms with van der Waals surface area (Å²) in [7, 11) is 0. The third-order valence-corrected chi connectivity index (χ3v) is 17.3. The second-order valence-corrected chi connectivity index (χ2v) is 25.0. The first-order chi connectivity index (χ1) is 41.6. The number of unbranched alkanes of at least 4 members (excludes halogenated alkanes) is 39. The predicted molar refractivity (Wildman–Crippen MR) is 346 cm³/mol. The Balaban J connectivity index is 1.61. The molecule has 2 aliphatic heterocycles. The quantitative estimate of drug-likeness (QED) is 0.0204. The zero-order valence-corrected chi connectivity index (χ0v) is 54.1. The van der Waals surface area contributed by atoms with Crippen molar-refractivity contribution in [2.75, 3.05) is 19.8 Å². The van der Waals surface area contributed by atoms with Crippen LogP contribution < -0.4 is 5.32 Å². The molecule has 1 amide bonds. The lowest BCUT2D eigenvalue weighted by Gasteiger charge is -2.46. The molecule has 0 aromatic rings. The molecule has 0 aromatic heterocycles. The minimum absolute atomic E-state index is 0.235. The standard InChI is InChI=1S/C71H131NO13/c1-3-5-7-9-11-13-15-17-19-21-22-23-24-25-26-27-28-29-30-31-32-33-34-35-36-37-38-39-41-43-45-47-49-51-53-55-63(76)72-59(60(75)54-52-50-48-46-44-42-40-20-18-16-14-12-10-8-6-4-2)58-82-70-68(81)66(79)69(62(57-74)84-70)85-71-67(80)65(78)64(77)61(56-73)83-71/h15,17,21-22,24-25,52,54,59-62,64-71,73-75,77-81H,3-14,16,18-20,23,26-51,53,55-58H2,1-2H3,(H,72,76)/b17-15-,22-21-,25-24-,54-52+. The maximum atomic E-state index is 13.3. The number of rotatable bonds is 58. The van der Waals surface area contributed by atoms with Crippen molar-refractivity contribution in [3.63, 3.8) is 0 Å². The van der Waals surface area contributed by atoms with Gasteiger partial charge in [-0.05, 0) is 57.8 Å². The highest BCUT2D eigenvalue weighted by atomic mass is 16.7. The molecule has 0 saturated carbocycles. The fourth-order valence-corrected chi connectivity index (χ4v) is 11.6. The van der Waals surface area contributed by atoms with Crippen molar-refractivity contribution in [2.45, 2.75) is 376 Å². The van der Waals surface area contributed by atoms with E-state index >= 15 is 0 Å². The zero-order chi connectivity index (χ0) is 61.6. The lowest BCUT2D eigenvalue weighted by atomic mass is 9.97. The maximum absolute atomic E-state index is 13.3. The molecule has 14 heteroatoms. The Morgan fingerprint density at radius 2 is 0.776 bits per heavy atom. The maximum Gasteiger partial charge on any atom is 0.220 e. The van der Waals surface area contributed by atoms with Crippen LogP contribution in [0.5, 0.6) is 0 Å². The van der Waals surface area contributed by atoms with Gasteiger partial charge >= 0.3 is 0 Å². The third-order valence-electron chi connectivity index (χ3n) is 17.3. The summed E-state index contributed by atoms with van der Waals surface area (Å²) in [5, 5.41) is 87.3. The van der Waals surface area contributed by atoms with Crippen LogP contribution in [-0.4, -0.2) is 140 Å². The first-order valence-electron chi connectivity index (χ1n) is 35.4. The van der Waals surface area contributed by atoms with Gasteiger partial charge in [0.15, 0.2) is 12.6 Å². The van der Waals surface area contributed by atoms with Crippen molar-refractivity contribution < 1.29 is 64.6 Å². The van der Waals surface area contributed by atoms with E-state index in [1.54, 1.807) is 6.08 Å². The smallest absolute Gasteiger partial charge is 0.220 e. The minimum Gasteiger partial charge on any atom is -0.394 e. The monoisotopic (exact) mass is 1210 g/mol. The number of hydrogen-bond donors (Lipinski definition) is 9. The van der Waals surface area contributed by atoms with Crippen LogP contribution in [0.4, 0.5) is 0 Å². The number of carbonyl (C=O) groups is 1. The molecule has 2 heterocycles. The van der Waals surface area contributed by atoms with E-state index in [0.717, 1.165) is 51.4 Å². The van der Waals surface area contributed by atoms with E-state index in [4.69, 9.17) is 18.9 Å². The lowest BCUT2D eigenvalue weighted by Crippen LogP contribution is -2.65. The normalized spacial score (nSPS) is 23.8. The van der Waals surface area contributed by atoms with Gasteiger partial charge in [0.05, 0.1) is 32.0 Å². The molecule has 2 fully saturated rings. The molecule has 0 aromatic carbocycles. The zero-order valence-electron chi connectivity index (χ0n) is 54.1. The molecule has 0 bridgehead atoms. The molecular weight excluding hydrogens is 1070 g/mol. The molecule has 14 nitrogen and oxygen atoms in total. The molecule has 0 aliphatic carbocycles. The second-order valence-electron chi connectivity index (χ2n) is 25.0. The van der Waals surface area contributed by atoms with Crippen LogP contribution in [0.3, 0.4) is 0 Å². The van der Waals surface area contributed by atoms with Crippen LogP contribution in [0.1, 0.15) is 303 Å². The summed E-state index contributed by atoms with van der Waals surface area (Å²) < 4.78 is 22.8. The van der Waals surface area contributed by atoms with Crippen molar-refractivity contribution in [1.82, 2.24) is 5.32 Å². The Kier molecular flexibility index (Phi) is 52.1. The number of aliphatic hydroxyl groups is 8. The van der Waals surface area contributed by atoms with E-state index in [1.165, 1.54) is 225 Å². The summed E-state index contributed by atoms with van der Waals surface area (Å²) in [6.07, 6.45) is 56.0. The van der Waals surface area contributed by atoms with Gasteiger partial charge < -0.3 is 65.1 Å². The van der Waals surface area contributed by atoms with Gasteiger partial charge in [-0.3, -0.25) is 4.79 Å². The van der Waals surface area contributed by atoms with Crippen LogP contribution in [0.15, 0.2) is 48.6 Å². The predicted octanol–water partition coefficient (Wildman–Crippen LogP) is 14.3. The van der Waals surface area contributed by atoms with E-state index in [9.17, 15) is 45.6 Å². The van der Waals surface area contributed by atoms with Crippen LogP contribution in [0.25, 0.3) is 0 Å². The van der Waals surface area contributed by atoms with Crippen molar-refractivity contribution in [1.29, 1.82) is 0 Å². The number of nitrogens with one attached hydrogen (secondary N) is 1. The SMILES string of the molecule is CCCCCCC/C=C\C/C=C\C/C=C\CCCCCCCCCCCCCCCCCCCCCCC(=O)NC(COC1OC(CO)C(OC2OC(CO)C(O)C(O)C2O)C(O)C1O)C(O)/C=C/CCCCCCCCCCCCCCCC. The lowest BCUT2D eigenvalue weighted by molar-refractivity contribution is -0.359. The topological polar surface area (TPSA) is 228 Å². The van der Waals surface area contributed by atoms with E-state index in [0.29, 0.717) is 6.42 Å². The highest BCUT2D eigenvalue weighted by Gasteiger charge is 2.51. The summed E-state index contributed by atoms with van der Waals surface area (Å²) in [6.45, 7) is 2.82. The van der Waals surface area contributed by atoms with Gasteiger partial charge in [-0.15, -0.1) is 0 Å². The van der Waals surface area contributed by atoms with Gasteiger partial charge in [-0.1, -0.05) is 287 Å². The van der Waals surface area contributed by atoms with Crippen LogP contribution >= 0.6 is 0 Å². The van der Waals surface area contributed by atoms with Gasteiger partial charge in [-0.25, -0.2) is 0 Å². The summed E-state index contributed by atoms with van der Waals surface area (Å²) in [5.74, 6) is -0.235. The first-order valence-corrected chi connectivity index (χ1v) is 35.4. The number of allylic oxidation sites excluding steroid dienone is 7. The highest BCUT2D eigenvalue weighted by molar-refractivity contribution is 5.76. The largest absolute Gasteiger partial charge is 0.394 e. The summed E-state index contributed by atoms with van der Waals surface area (Å²) in [4.78, 5) is 13.3. The van der Waals surface area contributed by atoms with E-state index < -0.39 is 86.8 Å². The van der Waals surface area contributed by atoms with E-state index in [1.807, 2.05) is 6.08 Å². The average Bonchev–Trinajstić information content (AvgIpc) is 3.70. The van der Waals surface area contributed by atoms with Crippen LogP contribution in [0.2, 0.25) is 0 Å². The molecule has 0 radical (unpaired) electrons. The van der Waals surface area contributed by atoms with E-state index in [-0.39, 0.29) is 18.9 Å². The molecule has 12 atom stereocenters. The summed E-state index contributed by atoms with van der Waals surface area (Å²) >= 11 is 0. The number of ether oxygens (including phenoxy) is 4. The van der Waals surface area contributed by atoms with Gasteiger partial charge in [-0.2, -0.15) is 0 Å². The molecule has 9 N–H and O–H groups in total. The number of amides is 1. The Hall–Kier alpha value is -2.05. The molecule has 2 rings (SSSR count). The first kappa shape index (κ1) is 79.0. The Bertz CT molecular complexity index is 1610. The molecule has 0 spiro atoms. The third kappa shape index (κ3) is 40.3. The Morgan fingerprint density at radius 1 is 0.424 bits per heavy atom. The molecule has 12 unspecified atom stereocenters. The average molecular weight is 1210 g/mol. The fraction of sp³-hybridized carbons (Fsp3) is 0.873. The molecule has 85 heavy (non-hydrogen) atoms. The second kappa shape index (κ2) is 56.0. The highest BCUT2D eigenvalue weighted by Crippen LogP contribution is 2.30. The van der Waals surface area contributed by atoms with Gasteiger partial charge in [0, 0.05) is 6.42 Å². The molecule has 498 valence electrons. The van der Waals surface area contributed by atoms with Crippen molar-refractivity contribution in [2.24, 2.45) is 0 Å². The number of hydrogen-bond acceptors (Lipinski definition) is 13. The van der Waals surface area contributed by atoms with Crippen molar-refractivity contribution in [3.05, 3.63) is 48.6 Å². The van der Waals surface area contributed by atoms with Gasteiger partial charge in [0.2, 0.25) is 5.91 Å². The summed E-state index contributed by atoms with van der Waals surface area (Å²) in [5.41, 5.74) is 0. The minimum atomic E-state index is -1.79. The molecule has 2 aliphatic rings. The van der Waals surface area contributed by atoms with E-state index in [2.05, 4.69) is 55.6 Å². The van der Waals surface area contributed by atoms with Crippen molar-refractivity contribution >= 4 is 5.91 Å². The number of carbonyl (C=O) groups excluding carboxylic acids is 1. The van der Waals surface area contributed by atoms with Gasteiger partial charge in [0.25, 0.3) is 0 Å². The van der Waals surface area contributed by atoms with Crippen LogP contribution in [0, 0.1) is 0 Å².